The molecule has 0 heterocycles. The highest BCUT2D eigenvalue weighted by Crippen LogP contribution is 2.14. The van der Waals surface area contributed by atoms with Crippen LogP contribution in [0, 0.1) is 0 Å². The smallest absolute Gasteiger partial charge is 0.407 e. The van der Waals surface area contributed by atoms with E-state index in [4.69, 9.17) is 13.7 Å². The molecule has 1 atom stereocenters. The average Bonchev–Trinajstić information content (AvgIpc) is 2.44. The third kappa shape index (κ3) is 9.93. The second-order valence-electron chi connectivity index (χ2n) is 6.61. The second-order valence-corrected chi connectivity index (χ2v) is 8.26. The Morgan fingerprint density at radius 1 is 1.20 bits per heavy atom. The van der Waals surface area contributed by atoms with E-state index in [1.165, 1.54) is 0 Å². The van der Waals surface area contributed by atoms with Crippen LogP contribution in [0.2, 0.25) is 0 Å². The molecule has 0 saturated carbocycles. The first kappa shape index (κ1) is 21.2. The summed E-state index contributed by atoms with van der Waals surface area (Å²) in [6.45, 7) is 7.55. The molecule has 7 nitrogen and oxygen atoms in total. The van der Waals surface area contributed by atoms with Gasteiger partial charge < -0.3 is 14.8 Å². The lowest BCUT2D eigenvalue weighted by Crippen LogP contribution is -2.43. The van der Waals surface area contributed by atoms with Gasteiger partial charge in [-0.2, -0.15) is 8.42 Å². The van der Waals surface area contributed by atoms with Gasteiger partial charge in [0.2, 0.25) is 0 Å². The summed E-state index contributed by atoms with van der Waals surface area (Å²) in [6, 6.07) is 6.80. The number of amides is 1. The van der Waals surface area contributed by atoms with E-state index in [0.717, 1.165) is 17.6 Å². The predicted molar refractivity (Wildman–Crippen MR) is 95.3 cm³/mol. The summed E-state index contributed by atoms with van der Waals surface area (Å²) >= 11 is 0. The third-order valence-electron chi connectivity index (χ3n) is 2.92. The first-order chi connectivity index (χ1) is 11.5. The molecule has 1 amide bonds. The van der Waals surface area contributed by atoms with Crippen LogP contribution in [0.3, 0.4) is 0 Å². The van der Waals surface area contributed by atoms with Crippen molar-refractivity contribution in [2.75, 3.05) is 19.5 Å². The summed E-state index contributed by atoms with van der Waals surface area (Å²) in [5, 5.41) is 2.65. The van der Waals surface area contributed by atoms with Crippen LogP contribution in [-0.4, -0.2) is 45.6 Å². The first-order valence-electron chi connectivity index (χ1n) is 8.04. The standard InChI is InChI=1S/C17H27NO6S/c1-6-22-15-9-7-13(8-10-15)11-14(12-23-25(5,20)21)18-16(19)24-17(2,3)4/h7-10,14H,6,11-12H2,1-5H3,(H,18,19). The number of carbonyl (C=O) groups is 1. The van der Waals surface area contributed by atoms with Crippen molar-refractivity contribution in [2.24, 2.45) is 0 Å². The molecular weight excluding hydrogens is 346 g/mol. The van der Waals surface area contributed by atoms with Crippen LogP contribution in [0.15, 0.2) is 24.3 Å². The highest BCUT2D eigenvalue weighted by molar-refractivity contribution is 7.85. The van der Waals surface area contributed by atoms with Crippen LogP contribution in [0.1, 0.15) is 33.3 Å². The maximum Gasteiger partial charge on any atom is 0.407 e. The van der Waals surface area contributed by atoms with E-state index in [9.17, 15) is 13.2 Å². The maximum absolute atomic E-state index is 12.0. The Labute approximate surface area is 149 Å². The highest BCUT2D eigenvalue weighted by atomic mass is 32.2. The van der Waals surface area contributed by atoms with E-state index < -0.39 is 27.9 Å². The fourth-order valence-corrected chi connectivity index (χ4v) is 2.42. The topological polar surface area (TPSA) is 90.9 Å². The number of nitrogens with one attached hydrogen (secondary N) is 1. The van der Waals surface area contributed by atoms with E-state index in [2.05, 4.69) is 5.32 Å². The minimum absolute atomic E-state index is 0.175. The van der Waals surface area contributed by atoms with Gasteiger partial charge in [-0.15, -0.1) is 0 Å². The largest absolute Gasteiger partial charge is 0.494 e. The van der Waals surface area contributed by atoms with Gasteiger partial charge in [0.15, 0.2) is 0 Å². The molecule has 0 saturated heterocycles. The van der Waals surface area contributed by atoms with Gasteiger partial charge in [-0.3, -0.25) is 4.18 Å². The lowest BCUT2D eigenvalue weighted by molar-refractivity contribution is 0.0488. The summed E-state index contributed by atoms with van der Waals surface area (Å²) in [5.41, 5.74) is 0.257. The van der Waals surface area contributed by atoms with E-state index in [0.29, 0.717) is 13.0 Å². The molecule has 0 radical (unpaired) electrons. The number of alkyl carbamates (subject to hydrolysis) is 1. The monoisotopic (exact) mass is 373 g/mol. The molecule has 0 bridgehead atoms. The van der Waals surface area contributed by atoms with Gasteiger partial charge in [-0.1, -0.05) is 12.1 Å². The summed E-state index contributed by atoms with van der Waals surface area (Å²) in [6.07, 6.45) is 0.732. The van der Waals surface area contributed by atoms with Crippen LogP contribution >= 0.6 is 0 Å². The summed E-state index contributed by atoms with van der Waals surface area (Å²) in [7, 11) is -3.61. The number of carbonyl (C=O) groups excluding carboxylic acids is 1. The number of hydrogen-bond acceptors (Lipinski definition) is 6. The molecule has 1 aromatic carbocycles. The van der Waals surface area contributed by atoms with Crippen molar-refractivity contribution in [2.45, 2.75) is 45.8 Å². The van der Waals surface area contributed by atoms with Crippen molar-refractivity contribution in [3.8, 4) is 5.75 Å². The van der Waals surface area contributed by atoms with Crippen LogP contribution in [0.4, 0.5) is 4.79 Å². The third-order valence-corrected chi connectivity index (χ3v) is 3.48. The molecule has 0 aliphatic carbocycles. The van der Waals surface area contributed by atoms with Gasteiger partial charge in [0.05, 0.1) is 25.5 Å². The molecule has 142 valence electrons. The van der Waals surface area contributed by atoms with Gasteiger partial charge in [0.1, 0.15) is 11.4 Å². The zero-order valence-corrected chi connectivity index (χ0v) is 16.2. The maximum atomic E-state index is 12.0. The zero-order chi connectivity index (χ0) is 19.1. The quantitative estimate of drug-likeness (QED) is 0.704. The van der Waals surface area contributed by atoms with Crippen molar-refractivity contribution in [1.82, 2.24) is 5.32 Å². The molecule has 0 spiro atoms. The van der Waals surface area contributed by atoms with E-state index in [1.807, 2.05) is 31.2 Å². The van der Waals surface area contributed by atoms with Crippen LogP contribution in [0.5, 0.6) is 5.75 Å². The van der Waals surface area contributed by atoms with Crippen molar-refractivity contribution >= 4 is 16.2 Å². The first-order valence-corrected chi connectivity index (χ1v) is 9.86. The minimum atomic E-state index is -3.61. The van der Waals surface area contributed by atoms with Crippen molar-refractivity contribution < 1.29 is 26.9 Å². The summed E-state index contributed by atoms with van der Waals surface area (Å²) < 4.78 is 37.9. The van der Waals surface area contributed by atoms with E-state index in [1.54, 1.807) is 20.8 Å². The van der Waals surface area contributed by atoms with Gasteiger partial charge in [0.25, 0.3) is 10.1 Å². The van der Waals surface area contributed by atoms with Gasteiger partial charge in [0, 0.05) is 0 Å². The molecule has 8 heteroatoms. The predicted octanol–water partition coefficient (Wildman–Crippen LogP) is 2.50. The van der Waals surface area contributed by atoms with Gasteiger partial charge in [-0.05, 0) is 51.8 Å². The van der Waals surface area contributed by atoms with Gasteiger partial charge >= 0.3 is 6.09 Å². The van der Waals surface area contributed by atoms with Crippen molar-refractivity contribution in [3.05, 3.63) is 29.8 Å². The number of benzene rings is 1. The van der Waals surface area contributed by atoms with Crippen molar-refractivity contribution in [3.63, 3.8) is 0 Å². The molecule has 1 rings (SSSR count). The van der Waals surface area contributed by atoms with Crippen LogP contribution < -0.4 is 10.1 Å². The molecule has 0 fully saturated rings. The molecule has 0 aliphatic rings. The van der Waals surface area contributed by atoms with E-state index in [-0.39, 0.29) is 6.61 Å². The molecule has 25 heavy (non-hydrogen) atoms. The Morgan fingerprint density at radius 2 is 1.80 bits per heavy atom. The number of rotatable bonds is 8. The Balaban J connectivity index is 2.77. The Bertz CT molecular complexity index is 649. The second kappa shape index (κ2) is 9.05. The fraction of sp³-hybridized carbons (Fsp3) is 0.588. The van der Waals surface area contributed by atoms with Crippen molar-refractivity contribution in [1.29, 1.82) is 0 Å². The Hall–Kier alpha value is -1.80. The Morgan fingerprint density at radius 3 is 2.28 bits per heavy atom. The molecule has 1 unspecified atom stereocenters. The molecular formula is C17H27NO6S. The molecule has 1 aromatic rings. The fourth-order valence-electron chi connectivity index (χ4n) is 2.00. The zero-order valence-electron chi connectivity index (χ0n) is 15.4. The van der Waals surface area contributed by atoms with Gasteiger partial charge in [-0.25, -0.2) is 4.79 Å². The summed E-state index contributed by atoms with van der Waals surface area (Å²) in [4.78, 5) is 12.0. The minimum Gasteiger partial charge on any atom is -0.494 e. The number of hydrogen-bond donors (Lipinski definition) is 1. The SMILES string of the molecule is CCOc1ccc(CC(COS(C)(=O)=O)NC(=O)OC(C)(C)C)cc1. The lowest BCUT2D eigenvalue weighted by Gasteiger charge is -2.23. The molecule has 0 aliphatic heterocycles. The highest BCUT2D eigenvalue weighted by Gasteiger charge is 2.21. The number of ether oxygens (including phenoxy) is 2. The molecule has 1 N–H and O–H groups in total. The molecule has 0 aromatic heterocycles. The average molecular weight is 373 g/mol. The van der Waals surface area contributed by atoms with E-state index >= 15 is 0 Å². The Kier molecular flexibility index (Phi) is 7.69. The van der Waals surface area contributed by atoms with Crippen LogP contribution in [-0.2, 0) is 25.5 Å². The summed E-state index contributed by atoms with van der Waals surface area (Å²) in [5.74, 6) is 0.746. The lowest BCUT2D eigenvalue weighted by atomic mass is 10.1. The normalized spacial score (nSPS) is 13.2. The van der Waals surface area contributed by atoms with Crippen LogP contribution in [0.25, 0.3) is 0 Å².